The highest BCUT2D eigenvalue weighted by molar-refractivity contribution is 6.07. The molecule has 4 rings (SSSR count). The predicted octanol–water partition coefficient (Wildman–Crippen LogP) is 6.06. The van der Waals surface area contributed by atoms with Crippen molar-refractivity contribution in [2.45, 2.75) is 44.3 Å². The van der Waals surface area contributed by atoms with E-state index >= 15 is 0 Å². The lowest BCUT2D eigenvalue weighted by Gasteiger charge is -2.23. The number of hydrogen-bond acceptors (Lipinski definition) is 3. The van der Waals surface area contributed by atoms with Gasteiger partial charge in [-0.3, -0.25) is 4.79 Å². The quantitative estimate of drug-likeness (QED) is 0.547. The minimum absolute atomic E-state index is 0.151. The highest BCUT2D eigenvalue weighted by Crippen LogP contribution is 2.32. The Balaban J connectivity index is 1.65. The first-order valence-electron chi connectivity index (χ1n) is 10.0. The maximum atomic E-state index is 13.0. The van der Waals surface area contributed by atoms with E-state index in [4.69, 9.17) is 0 Å². The third kappa shape index (κ3) is 4.56. The second kappa shape index (κ2) is 8.34. The Morgan fingerprint density at radius 1 is 0.967 bits per heavy atom. The van der Waals surface area contributed by atoms with Crippen LogP contribution in [0.25, 0.3) is 10.9 Å². The molecule has 4 nitrogen and oxygen atoms in total. The number of aromatic nitrogens is 1. The number of nitrogens with one attached hydrogen (secondary N) is 2. The number of rotatable bonds is 4. The van der Waals surface area contributed by atoms with E-state index < -0.39 is 11.7 Å². The van der Waals surface area contributed by atoms with Gasteiger partial charge in [0.2, 0.25) is 0 Å². The van der Waals surface area contributed by atoms with Gasteiger partial charge in [0.1, 0.15) is 5.82 Å². The molecule has 0 spiro atoms. The molecule has 1 aliphatic carbocycles. The summed E-state index contributed by atoms with van der Waals surface area (Å²) in [7, 11) is 0. The number of halogens is 3. The molecule has 2 N–H and O–H groups in total. The molecular weight excluding hydrogens is 391 g/mol. The Bertz CT molecular complexity index is 1060. The van der Waals surface area contributed by atoms with Gasteiger partial charge < -0.3 is 10.6 Å². The van der Waals surface area contributed by atoms with Gasteiger partial charge in [-0.05, 0) is 43.2 Å². The first-order chi connectivity index (χ1) is 14.4. The average molecular weight is 413 g/mol. The fraction of sp³-hybridized carbons (Fsp3) is 0.304. The van der Waals surface area contributed by atoms with E-state index in [0.717, 1.165) is 37.8 Å². The molecule has 3 aromatic rings. The number of hydrogen-bond donors (Lipinski definition) is 2. The van der Waals surface area contributed by atoms with Crippen LogP contribution in [0.5, 0.6) is 0 Å². The van der Waals surface area contributed by atoms with Gasteiger partial charge in [-0.15, -0.1) is 0 Å². The fourth-order valence-electron chi connectivity index (χ4n) is 3.86. The molecule has 30 heavy (non-hydrogen) atoms. The molecule has 0 radical (unpaired) electrons. The number of carbonyl (C=O) groups is 1. The van der Waals surface area contributed by atoms with Crippen molar-refractivity contribution in [2.75, 3.05) is 5.32 Å². The van der Waals surface area contributed by atoms with Crippen molar-refractivity contribution in [1.82, 2.24) is 10.3 Å². The summed E-state index contributed by atoms with van der Waals surface area (Å²) in [5.74, 6) is 0.134. The molecule has 1 amide bonds. The summed E-state index contributed by atoms with van der Waals surface area (Å²) in [4.78, 5) is 17.5. The van der Waals surface area contributed by atoms with E-state index in [9.17, 15) is 18.0 Å². The molecule has 156 valence electrons. The molecule has 1 heterocycles. The van der Waals surface area contributed by atoms with Crippen molar-refractivity contribution in [2.24, 2.45) is 0 Å². The molecule has 0 unspecified atom stereocenters. The number of alkyl halides is 3. The Kier molecular flexibility index (Phi) is 5.61. The van der Waals surface area contributed by atoms with E-state index in [1.807, 2.05) is 18.2 Å². The van der Waals surface area contributed by atoms with Crippen LogP contribution in [0.15, 0.2) is 54.6 Å². The van der Waals surface area contributed by atoms with Gasteiger partial charge in [-0.2, -0.15) is 13.2 Å². The van der Waals surface area contributed by atoms with E-state index in [1.54, 1.807) is 12.1 Å². The molecule has 1 saturated carbocycles. The number of anilines is 2. The zero-order chi connectivity index (χ0) is 21.1. The number of fused-ring (bicyclic) bond motifs is 1. The number of amides is 1. The zero-order valence-corrected chi connectivity index (χ0v) is 16.3. The number of pyridine rings is 1. The maximum absolute atomic E-state index is 13.0. The molecule has 0 atom stereocenters. The Morgan fingerprint density at radius 3 is 2.50 bits per heavy atom. The molecule has 0 aliphatic heterocycles. The van der Waals surface area contributed by atoms with Crippen LogP contribution in [-0.4, -0.2) is 16.9 Å². The first-order valence-corrected chi connectivity index (χ1v) is 10.0. The number of benzene rings is 2. The Hall–Kier alpha value is -3.09. The van der Waals surface area contributed by atoms with Gasteiger partial charge >= 0.3 is 6.18 Å². The van der Waals surface area contributed by atoms with Gasteiger partial charge in [-0.1, -0.05) is 43.5 Å². The summed E-state index contributed by atoms with van der Waals surface area (Å²) >= 11 is 0. The summed E-state index contributed by atoms with van der Waals surface area (Å²) in [5, 5.41) is 6.73. The lowest BCUT2D eigenvalue weighted by molar-refractivity contribution is -0.137. The Morgan fingerprint density at radius 2 is 1.73 bits per heavy atom. The van der Waals surface area contributed by atoms with E-state index in [0.29, 0.717) is 22.3 Å². The third-order valence-corrected chi connectivity index (χ3v) is 5.36. The second-order valence-corrected chi connectivity index (χ2v) is 7.58. The molecule has 1 fully saturated rings. The van der Waals surface area contributed by atoms with Crippen LogP contribution in [0.1, 0.15) is 48.0 Å². The van der Waals surface area contributed by atoms with Crippen LogP contribution in [0.4, 0.5) is 24.7 Å². The minimum Gasteiger partial charge on any atom is -0.349 e. The smallest absolute Gasteiger partial charge is 0.349 e. The van der Waals surface area contributed by atoms with Gasteiger partial charge in [0.15, 0.2) is 0 Å². The SMILES string of the molecule is O=C(NC1CCCCC1)c1cc(Nc2cccc(C(F)(F)F)c2)nc2ccccc12. The average Bonchev–Trinajstić information content (AvgIpc) is 2.73. The first kappa shape index (κ1) is 20.2. The van der Waals surface area contributed by atoms with Gasteiger partial charge in [0, 0.05) is 17.1 Å². The number of para-hydroxylation sites is 1. The lowest BCUT2D eigenvalue weighted by atomic mass is 9.95. The normalized spacial score (nSPS) is 15.2. The summed E-state index contributed by atoms with van der Waals surface area (Å²) in [6, 6.07) is 13.9. The summed E-state index contributed by atoms with van der Waals surface area (Å²) in [5.41, 5.74) is 0.568. The summed E-state index contributed by atoms with van der Waals surface area (Å²) in [6.07, 6.45) is 0.887. The topological polar surface area (TPSA) is 54.0 Å². The second-order valence-electron chi connectivity index (χ2n) is 7.58. The van der Waals surface area contributed by atoms with Crippen molar-refractivity contribution >= 4 is 28.3 Å². The summed E-state index contributed by atoms with van der Waals surface area (Å²) in [6.45, 7) is 0. The standard InChI is InChI=1S/C23H22F3N3O/c24-23(25,26)15-7-6-10-17(13-15)27-21-14-19(18-11-4-5-12-20(18)29-21)22(30)28-16-8-2-1-3-9-16/h4-7,10-14,16H,1-3,8-9H2,(H,27,29)(H,28,30). The monoisotopic (exact) mass is 413 g/mol. The largest absolute Gasteiger partial charge is 0.416 e. The van der Waals surface area contributed by atoms with E-state index in [-0.39, 0.29) is 17.6 Å². The highest BCUT2D eigenvalue weighted by Gasteiger charge is 2.30. The van der Waals surface area contributed by atoms with Gasteiger partial charge in [0.05, 0.1) is 16.6 Å². The van der Waals surface area contributed by atoms with Crippen LogP contribution < -0.4 is 10.6 Å². The van der Waals surface area contributed by atoms with E-state index in [1.165, 1.54) is 18.6 Å². The van der Waals surface area contributed by atoms with Crippen LogP contribution in [0.2, 0.25) is 0 Å². The van der Waals surface area contributed by atoms with Crippen LogP contribution in [0.3, 0.4) is 0 Å². The molecule has 0 bridgehead atoms. The Labute approximate surface area is 172 Å². The minimum atomic E-state index is -4.43. The molecule has 0 saturated heterocycles. The van der Waals surface area contributed by atoms with Crippen molar-refractivity contribution in [3.05, 3.63) is 65.7 Å². The zero-order valence-electron chi connectivity index (χ0n) is 16.3. The van der Waals surface area contributed by atoms with Crippen LogP contribution in [-0.2, 0) is 6.18 Å². The molecule has 1 aromatic heterocycles. The van der Waals surface area contributed by atoms with Gasteiger partial charge in [0.25, 0.3) is 5.91 Å². The van der Waals surface area contributed by atoms with Crippen molar-refractivity contribution < 1.29 is 18.0 Å². The number of nitrogens with zero attached hydrogens (tertiary/aromatic N) is 1. The number of carbonyl (C=O) groups excluding carboxylic acids is 1. The predicted molar refractivity (Wildman–Crippen MR) is 111 cm³/mol. The van der Waals surface area contributed by atoms with E-state index in [2.05, 4.69) is 15.6 Å². The maximum Gasteiger partial charge on any atom is 0.416 e. The molecule has 7 heteroatoms. The lowest BCUT2D eigenvalue weighted by Crippen LogP contribution is -2.36. The molecular formula is C23H22F3N3O. The van der Waals surface area contributed by atoms with Crippen molar-refractivity contribution in [3.63, 3.8) is 0 Å². The fourth-order valence-corrected chi connectivity index (χ4v) is 3.86. The van der Waals surface area contributed by atoms with Gasteiger partial charge in [-0.25, -0.2) is 4.98 Å². The highest BCUT2D eigenvalue weighted by atomic mass is 19.4. The van der Waals surface area contributed by atoms with Crippen LogP contribution >= 0.6 is 0 Å². The molecule has 1 aliphatic rings. The summed E-state index contributed by atoms with van der Waals surface area (Å²) < 4.78 is 39.0. The van der Waals surface area contributed by atoms with Crippen LogP contribution in [0, 0.1) is 0 Å². The van der Waals surface area contributed by atoms with Crippen molar-refractivity contribution in [3.8, 4) is 0 Å². The van der Waals surface area contributed by atoms with Crippen molar-refractivity contribution in [1.29, 1.82) is 0 Å². The third-order valence-electron chi connectivity index (χ3n) is 5.36. The molecule has 2 aromatic carbocycles.